The summed E-state index contributed by atoms with van der Waals surface area (Å²) in [7, 11) is 2.68. The van der Waals surface area contributed by atoms with Gasteiger partial charge in [-0.25, -0.2) is 10.0 Å². The molecular formula is C8H11N2O3+. The highest BCUT2D eigenvalue weighted by Gasteiger charge is 2.39. The molecule has 1 rings (SSSR count). The van der Waals surface area contributed by atoms with Crippen molar-refractivity contribution in [3.63, 3.8) is 0 Å². The molecule has 0 saturated carbocycles. The molecule has 0 spiro atoms. The number of hydrogen-bond acceptors (Lipinski definition) is 3. The van der Waals surface area contributed by atoms with E-state index in [9.17, 15) is 14.8 Å². The van der Waals surface area contributed by atoms with Gasteiger partial charge in [-0.05, 0) is 6.08 Å². The summed E-state index contributed by atoms with van der Waals surface area (Å²) in [5.74, 6) is -1.01. The molecule has 13 heavy (non-hydrogen) atoms. The molecule has 1 atom stereocenters. The summed E-state index contributed by atoms with van der Waals surface area (Å²) in [5, 5.41) is 12.0. The third kappa shape index (κ3) is 1.51. The number of amides is 2. The Bertz CT molecular complexity index is 315. The van der Waals surface area contributed by atoms with Crippen molar-refractivity contribution in [2.75, 3.05) is 14.1 Å². The Kier molecular flexibility index (Phi) is 2.31. The zero-order valence-electron chi connectivity index (χ0n) is 7.44. The largest absolute Gasteiger partial charge is 0.375 e. The molecule has 0 fully saturated rings. The highest BCUT2D eigenvalue weighted by molar-refractivity contribution is 5.96. The summed E-state index contributed by atoms with van der Waals surface area (Å²) in [4.78, 5) is 22.3. The second kappa shape index (κ2) is 3.12. The topological polar surface area (TPSA) is 66.4 Å². The van der Waals surface area contributed by atoms with E-state index < -0.39 is 16.5 Å². The monoisotopic (exact) mass is 183 g/mol. The quantitative estimate of drug-likeness (QED) is 0.427. The number of hydrogen-bond donors (Lipinski definition) is 2. The van der Waals surface area contributed by atoms with Crippen molar-refractivity contribution in [2.45, 2.75) is 0 Å². The lowest BCUT2D eigenvalue weighted by Crippen LogP contribution is -2.49. The van der Waals surface area contributed by atoms with E-state index in [0.29, 0.717) is 0 Å². The van der Waals surface area contributed by atoms with Crippen LogP contribution in [0.4, 0.5) is 0 Å². The summed E-state index contributed by atoms with van der Waals surface area (Å²) in [6.45, 7) is 0. The molecule has 1 heterocycles. The Morgan fingerprint density at radius 1 is 1.62 bits per heavy atom. The first-order valence-corrected chi connectivity index (χ1v) is 3.75. The standard InChI is InChI=1S/C8H10N2O3/c1-9-8(12)6-4-3-5-7(11)10(6,2)13/h3-5,13H,1-2H3/p+1. The lowest BCUT2D eigenvalue weighted by Gasteiger charge is -2.23. The van der Waals surface area contributed by atoms with Crippen molar-refractivity contribution in [1.82, 2.24) is 5.32 Å². The summed E-state index contributed by atoms with van der Waals surface area (Å²) >= 11 is 0. The van der Waals surface area contributed by atoms with Crippen molar-refractivity contribution >= 4 is 11.8 Å². The highest BCUT2D eigenvalue weighted by Crippen LogP contribution is 2.16. The van der Waals surface area contributed by atoms with Gasteiger partial charge in [0, 0.05) is 19.2 Å². The fourth-order valence-corrected chi connectivity index (χ4v) is 1.03. The predicted octanol–water partition coefficient (Wildman–Crippen LogP) is -0.451. The van der Waals surface area contributed by atoms with Gasteiger partial charge in [0.15, 0.2) is 0 Å². The molecule has 1 aliphatic heterocycles. The molecule has 0 aliphatic carbocycles. The molecule has 0 aromatic heterocycles. The zero-order valence-corrected chi connectivity index (χ0v) is 7.44. The van der Waals surface area contributed by atoms with Crippen LogP contribution in [0.1, 0.15) is 0 Å². The number of nitrogens with one attached hydrogen (secondary N) is 1. The molecule has 1 aliphatic rings. The maximum absolute atomic E-state index is 11.2. The molecule has 5 nitrogen and oxygen atoms in total. The van der Waals surface area contributed by atoms with Gasteiger partial charge in [-0.3, -0.25) is 4.79 Å². The van der Waals surface area contributed by atoms with Gasteiger partial charge >= 0.3 is 11.8 Å². The van der Waals surface area contributed by atoms with Crippen LogP contribution in [0.2, 0.25) is 0 Å². The predicted molar refractivity (Wildman–Crippen MR) is 44.3 cm³/mol. The molecule has 2 amide bonds. The molecule has 0 saturated heterocycles. The number of allylic oxidation sites excluding steroid dienone is 2. The van der Waals surface area contributed by atoms with E-state index in [1.165, 1.54) is 32.3 Å². The molecule has 2 N–H and O–H groups in total. The van der Waals surface area contributed by atoms with E-state index in [2.05, 4.69) is 5.32 Å². The average molecular weight is 183 g/mol. The lowest BCUT2D eigenvalue weighted by molar-refractivity contribution is -0.987. The molecule has 5 heteroatoms. The van der Waals surface area contributed by atoms with Gasteiger partial charge in [-0.2, -0.15) is 0 Å². The van der Waals surface area contributed by atoms with Gasteiger partial charge in [0.2, 0.25) is 5.70 Å². The zero-order chi connectivity index (χ0) is 10.1. The smallest absolute Gasteiger partial charge is 0.350 e. The minimum atomic E-state index is -1.03. The molecule has 1 unspecified atom stereocenters. The highest BCUT2D eigenvalue weighted by atomic mass is 16.6. The SMILES string of the molecule is CNC(=O)C1=CC=CC(=O)[N+]1(C)O. The summed E-state index contributed by atoms with van der Waals surface area (Å²) < 4.78 is -1.03. The van der Waals surface area contributed by atoms with Crippen molar-refractivity contribution in [3.05, 3.63) is 23.9 Å². The van der Waals surface area contributed by atoms with Crippen LogP contribution in [-0.2, 0) is 9.59 Å². The van der Waals surface area contributed by atoms with Crippen molar-refractivity contribution in [1.29, 1.82) is 0 Å². The number of rotatable bonds is 1. The third-order valence-corrected chi connectivity index (χ3v) is 1.85. The van der Waals surface area contributed by atoms with Crippen LogP contribution < -0.4 is 5.32 Å². The van der Waals surface area contributed by atoms with Crippen LogP contribution in [-0.4, -0.2) is 35.8 Å². The Labute approximate surface area is 75.5 Å². The molecular weight excluding hydrogens is 172 g/mol. The van der Waals surface area contributed by atoms with Crippen LogP contribution in [0.15, 0.2) is 23.9 Å². The van der Waals surface area contributed by atoms with Crippen LogP contribution in [0, 0.1) is 0 Å². The van der Waals surface area contributed by atoms with Crippen molar-refractivity contribution in [2.24, 2.45) is 0 Å². The van der Waals surface area contributed by atoms with E-state index in [-0.39, 0.29) is 5.70 Å². The molecule has 0 bridgehead atoms. The Hall–Kier alpha value is -1.46. The Morgan fingerprint density at radius 2 is 2.23 bits per heavy atom. The number of carbonyl (C=O) groups excluding carboxylic acids is 2. The van der Waals surface area contributed by atoms with E-state index in [4.69, 9.17) is 0 Å². The fraction of sp³-hybridized carbons (Fsp3) is 0.250. The fourth-order valence-electron chi connectivity index (χ4n) is 1.03. The second-order valence-electron chi connectivity index (χ2n) is 2.79. The van der Waals surface area contributed by atoms with Crippen molar-refractivity contribution in [3.8, 4) is 0 Å². The number of nitrogens with zero attached hydrogens (tertiary/aromatic N) is 1. The minimum Gasteiger partial charge on any atom is -0.350 e. The second-order valence-corrected chi connectivity index (χ2v) is 2.79. The number of quaternary nitrogens is 1. The first kappa shape index (κ1) is 9.63. The van der Waals surface area contributed by atoms with Gasteiger partial charge in [0.25, 0.3) is 0 Å². The number of likely N-dealkylation sites (N-methyl/N-ethyl adjacent to an activating group) is 2. The van der Waals surface area contributed by atoms with Gasteiger partial charge in [0.1, 0.15) is 7.05 Å². The Morgan fingerprint density at radius 3 is 2.77 bits per heavy atom. The van der Waals surface area contributed by atoms with E-state index in [0.717, 1.165) is 0 Å². The normalized spacial score (nSPS) is 27.0. The van der Waals surface area contributed by atoms with E-state index in [1.54, 1.807) is 0 Å². The van der Waals surface area contributed by atoms with Crippen LogP contribution in [0.5, 0.6) is 0 Å². The summed E-state index contributed by atoms with van der Waals surface area (Å²) in [5.41, 5.74) is 0.00926. The Balaban J connectivity index is 3.08. The summed E-state index contributed by atoms with van der Waals surface area (Å²) in [6, 6.07) is 0. The molecule has 70 valence electrons. The van der Waals surface area contributed by atoms with Gasteiger partial charge in [0.05, 0.1) is 0 Å². The molecule has 0 aromatic rings. The van der Waals surface area contributed by atoms with Crippen LogP contribution >= 0.6 is 0 Å². The number of hydroxylamine groups is 3. The average Bonchev–Trinajstić information content (AvgIpc) is 2.08. The molecule has 0 aromatic carbocycles. The van der Waals surface area contributed by atoms with E-state index >= 15 is 0 Å². The maximum atomic E-state index is 11.2. The van der Waals surface area contributed by atoms with Crippen LogP contribution in [0.25, 0.3) is 0 Å². The number of carbonyl (C=O) groups is 2. The summed E-state index contributed by atoms with van der Waals surface area (Å²) in [6.07, 6.45) is 4.05. The molecule has 0 radical (unpaired) electrons. The maximum Gasteiger partial charge on any atom is 0.375 e. The first-order chi connectivity index (χ1) is 6.00. The first-order valence-electron chi connectivity index (χ1n) is 3.75. The van der Waals surface area contributed by atoms with Crippen LogP contribution in [0.3, 0.4) is 0 Å². The van der Waals surface area contributed by atoms with Gasteiger partial charge in [-0.15, -0.1) is 0 Å². The lowest BCUT2D eigenvalue weighted by atomic mass is 10.2. The van der Waals surface area contributed by atoms with Gasteiger partial charge in [-0.1, -0.05) is 4.65 Å². The van der Waals surface area contributed by atoms with Crippen molar-refractivity contribution < 1.29 is 19.4 Å². The van der Waals surface area contributed by atoms with E-state index in [1.807, 2.05) is 0 Å². The third-order valence-electron chi connectivity index (χ3n) is 1.85. The minimum absolute atomic E-state index is 0.00926. The van der Waals surface area contributed by atoms with Gasteiger partial charge < -0.3 is 5.32 Å².